The Bertz CT molecular complexity index is 246. The lowest BCUT2D eigenvalue weighted by molar-refractivity contribution is -0.153. The fourth-order valence-corrected chi connectivity index (χ4v) is 2.25. The van der Waals surface area contributed by atoms with Crippen LogP contribution in [-0.2, 0) is 9.53 Å². The second-order valence-corrected chi connectivity index (χ2v) is 4.93. The van der Waals surface area contributed by atoms with Gasteiger partial charge in [-0.2, -0.15) is 0 Å². The highest BCUT2D eigenvalue weighted by Gasteiger charge is 2.35. The number of likely N-dealkylation sites (N-methyl/N-ethyl adjacent to an activating group) is 1. The molecule has 1 aliphatic heterocycles. The lowest BCUT2D eigenvalue weighted by atomic mass is 10.0. The fraction of sp³-hybridized carbons (Fsp3) is 0.923. The minimum absolute atomic E-state index is 0.110. The van der Waals surface area contributed by atoms with Crippen LogP contribution in [-0.4, -0.2) is 49.2 Å². The zero-order valence-corrected chi connectivity index (χ0v) is 11.6. The molecule has 1 saturated heterocycles. The predicted octanol–water partition coefficient (Wildman–Crippen LogP) is 1.40. The van der Waals surface area contributed by atoms with Crippen LogP contribution < -0.4 is 5.32 Å². The summed E-state index contributed by atoms with van der Waals surface area (Å²) >= 11 is 0. The van der Waals surface area contributed by atoms with E-state index < -0.39 is 5.60 Å². The van der Waals surface area contributed by atoms with Gasteiger partial charge in [0.2, 0.25) is 0 Å². The van der Waals surface area contributed by atoms with E-state index in [1.54, 1.807) is 7.11 Å². The Morgan fingerprint density at radius 2 is 2.24 bits per heavy atom. The van der Waals surface area contributed by atoms with Gasteiger partial charge < -0.3 is 15.0 Å². The summed E-state index contributed by atoms with van der Waals surface area (Å²) in [6.07, 6.45) is 3.09. The third-order valence-corrected chi connectivity index (χ3v) is 3.85. The third kappa shape index (κ3) is 3.42. The standard InChI is InChI=1S/C13H26N2O2/c1-5-13(3,17-4)12(16)15(6-2)10-11-8-7-9-14-11/h11,14H,5-10H2,1-4H3. The van der Waals surface area contributed by atoms with E-state index >= 15 is 0 Å². The molecular formula is C13H26N2O2. The van der Waals surface area contributed by atoms with Gasteiger partial charge in [-0.05, 0) is 39.7 Å². The molecule has 0 saturated carbocycles. The van der Waals surface area contributed by atoms with Crippen LogP contribution >= 0.6 is 0 Å². The fourth-order valence-electron chi connectivity index (χ4n) is 2.25. The van der Waals surface area contributed by atoms with Crippen molar-refractivity contribution >= 4 is 5.91 Å². The zero-order chi connectivity index (χ0) is 12.9. The molecule has 0 aromatic rings. The molecule has 0 aromatic heterocycles. The molecule has 0 spiro atoms. The van der Waals surface area contributed by atoms with E-state index in [1.165, 1.54) is 12.8 Å². The molecule has 1 amide bonds. The highest BCUT2D eigenvalue weighted by Crippen LogP contribution is 2.18. The van der Waals surface area contributed by atoms with Crippen molar-refractivity contribution in [1.82, 2.24) is 10.2 Å². The van der Waals surface area contributed by atoms with Crippen LogP contribution in [0, 0.1) is 0 Å². The van der Waals surface area contributed by atoms with Crippen LogP contribution in [0.15, 0.2) is 0 Å². The van der Waals surface area contributed by atoms with Gasteiger partial charge in [0.1, 0.15) is 5.60 Å². The van der Waals surface area contributed by atoms with Crippen molar-refractivity contribution in [2.45, 2.75) is 51.7 Å². The van der Waals surface area contributed by atoms with Crippen molar-refractivity contribution in [3.63, 3.8) is 0 Å². The average Bonchev–Trinajstić information content (AvgIpc) is 2.87. The van der Waals surface area contributed by atoms with Gasteiger partial charge in [-0.1, -0.05) is 6.92 Å². The van der Waals surface area contributed by atoms with Gasteiger partial charge >= 0.3 is 0 Å². The maximum atomic E-state index is 12.4. The number of rotatable bonds is 6. The van der Waals surface area contributed by atoms with Crippen molar-refractivity contribution in [2.75, 3.05) is 26.7 Å². The minimum Gasteiger partial charge on any atom is -0.369 e. The van der Waals surface area contributed by atoms with Gasteiger partial charge in [-0.15, -0.1) is 0 Å². The molecule has 0 aliphatic carbocycles. The van der Waals surface area contributed by atoms with Crippen LogP contribution in [0.2, 0.25) is 0 Å². The Kier molecular flexibility index (Phi) is 5.40. The summed E-state index contributed by atoms with van der Waals surface area (Å²) in [4.78, 5) is 14.3. The normalized spacial score (nSPS) is 23.4. The van der Waals surface area contributed by atoms with E-state index in [-0.39, 0.29) is 5.91 Å². The summed E-state index contributed by atoms with van der Waals surface area (Å²) in [6, 6.07) is 0.455. The van der Waals surface area contributed by atoms with E-state index in [0.29, 0.717) is 12.5 Å². The number of nitrogens with one attached hydrogen (secondary N) is 1. The second-order valence-electron chi connectivity index (χ2n) is 4.93. The van der Waals surface area contributed by atoms with Gasteiger partial charge in [-0.3, -0.25) is 4.79 Å². The number of ether oxygens (including phenoxy) is 1. The molecule has 1 aliphatic rings. The molecule has 1 rings (SSSR count). The van der Waals surface area contributed by atoms with E-state index in [0.717, 1.165) is 19.6 Å². The number of hydrogen-bond donors (Lipinski definition) is 1. The summed E-state index contributed by atoms with van der Waals surface area (Å²) in [7, 11) is 1.61. The van der Waals surface area contributed by atoms with E-state index in [4.69, 9.17) is 4.74 Å². The predicted molar refractivity (Wildman–Crippen MR) is 69.0 cm³/mol. The van der Waals surface area contributed by atoms with Crippen molar-refractivity contribution < 1.29 is 9.53 Å². The molecule has 1 fully saturated rings. The van der Waals surface area contributed by atoms with Crippen LogP contribution in [0.1, 0.15) is 40.0 Å². The Hall–Kier alpha value is -0.610. The SMILES string of the molecule is CCN(CC1CCCN1)C(=O)C(C)(CC)OC. The van der Waals surface area contributed by atoms with Gasteiger partial charge in [0.05, 0.1) is 0 Å². The number of methoxy groups -OCH3 is 1. The molecule has 2 atom stereocenters. The van der Waals surface area contributed by atoms with Crippen molar-refractivity contribution in [3.05, 3.63) is 0 Å². The second kappa shape index (κ2) is 6.36. The maximum Gasteiger partial charge on any atom is 0.254 e. The monoisotopic (exact) mass is 242 g/mol. The van der Waals surface area contributed by atoms with Gasteiger partial charge in [0, 0.05) is 26.2 Å². The lowest BCUT2D eigenvalue weighted by Crippen LogP contribution is -2.51. The molecule has 4 nitrogen and oxygen atoms in total. The first kappa shape index (κ1) is 14.5. The molecule has 0 bridgehead atoms. The van der Waals surface area contributed by atoms with E-state index in [1.807, 2.05) is 25.7 Å². The number of carbonyl (C=O) groups is 1. The first-order valence-electron chi connectivity index (χ1n) is 6.65. The smallest absolute Gasteiger partial charge is 0.254 e. The highest BCUT2D eigenvalue weighted by atomic mass is 16.5. The molecule has 0 radical (unpaired) electrons. The quantitative estimate of drug-likeness (QED) is 0.765. The summed E-state index contributed by atoms with van der Waals surface area (Å²) in [6.45, 7) is 8.51. The van der Waals surface area contributed by atoms with Gasteiger partial charge in [-0.25, -0.2) is 0 Å². The Morgan fingerprint density at radius 3 is 2.65 bits per heavy atom. The summed E-state index contributed by atoms with van der Waals surface area (Å²) in [5, 5.41) is 3.43. The highest BCUT2D eigenvalue weighted by molar-refractivity contribution is 5.84. The average molecular weight is 242 g/mol. The largest absolute Gasteiger partial charge is 0.369 e. The summed E-state index contributed by atoms with van der Waals surface area (Å²) in [5.41, 5.74) is -0.672. The van der Waals surface area contributed by atoms with Crippen molar-refractivity contribution in [3.8, 4) is 0 Å². The molecule has 100 valence electrons. The molecular weight excluding hydrogens is 216 g/mol. The van der Waals surface area contributed by atoms with Crippen molar-refractivity contribution in [1.29, 1.82) is 0 Å². The number of hydrogen-bond acceptors (Lipinski definition) is 3. The van der Waals surface area contributed by atoms with Gasteiger partial charge in [0.25, 0.3) is 5.91 Å². The Labute approximate surface area is 105 Å². The van der Waals surface area contributed by atoms with Crippen LogP contribution in [0.4, 0.5) is 0 Å². The topological polar surface area (TPSA) is 41.6 Å². The number of carbonyl (C=O) groups excluding carboxylic acids is 1. The number of amides is 1. The zero-order valence-electron chi connectivity index (χ0n) is 11.6. The molecule has 2 unspecified atom stereocenters. The molecule has 17 heavy (non-hydrogen) atoms. The minimum atomic E-state index is -0.672. The molecule has 1 N–H and O–H groups in total. The van der Waals surface area contributed by atoms with E-state index in [2.05, 4.69) is 5.32 Å². The Balaban J connectivity index is 2.62. The third-order valence-electron chi connectivity index (χ3n) is 3.85. The van der Waals surface area contributed by atoms with Gasteiger partial charge in [0.15, 0.2) is 0 Å². The maximum absolute atomic E-state index is 12.4. The molecule has 0 aromatic carbocycles. The molecule has 1 heterocycles. The number of nitrogens with zero attached hydrogens (tertiary/aromatic N) is 1. The summed E-state index contributed by atoms with van der Waals surface area (Å²) < 4.78 is 5.38. The molecule has 4 heteroatoms. The van der Waals surface area contributed by atoms with E-state index in [9.17, 15) is 4.79 Å². The first-order valence-corrected chi connectivity index (χ1v) is 6.65. The summed E-state index contributed by atoms with van der Waals surface area (Å²) in [5.74, 6) is 0.110. The van der Waals surface area contributed by atoms with Crippen LogP contribution in [0.25, 0.3) is 0 Å². The van der Waals surface area contributed by atoms with Crippen LogP contribution in [0.3, 0.4) is 0 Å². The van der Waals surface area contributed by atoms with Crippen LogP contribution in [0.5, 0.6) is 0 Å². The Morgan fingerprint density at radius 1 is 1.53 bits per heavy atom. The first-order chi connectivity index (χ1) is 8.07. The lowest BCUT2D eigenvalue weighted by Gasteiger charge is -2.33. The van der Waals surface area contributed by atoms with Crippen molar-refractivity contribution in [2.24, 2.45) is 0 Å².